The molecule has 0 aromatic heterocycles. The fourth-order valence-corrected chi connectivity index (χ4v) is 4.25. The van der Waals surface area contributed by atoms with Crippen LogP contribution in [-0.4, -0.2) is 86.2 Å². The molecule has 1 saturated heterocycles. The van der Waals surface area contributed by atoms with Crippen molar-refractivity contribution in [3.05, 3.63) is 77.9 Å². The molecule has 0 bridgehead atoms. The van der Waals surface area contributed by atoms with Crippen molar-refractivity contribution in [2.45, 2.75) is 55.8 Å². The third-order valence-electron chi connectivity index (χ3n) is 6.59. The molecule has 218 valence electrons. The number of carbonyl (C=O) groups excluding carboxylic acids is 3. The fraction of sp³-hybridized carbons (Fsp3) is 0.345. The minimum atomic E-state index is -2.39. The van der Waals surface area contributed by atoms with Crippen LogP contribution in [0.15, 0.2) is 66.8 Å². The molecule has 0 radical (unpaired) electrons. The van der Waals surface area contributed by atoms with E-state index in [1.807, 2.05) is 0 Å². The smallest absolute Gasteiger partial charge is 0.350 e. The van der Waals surface area contributed by atoms with E-state index >= 15 is 0 Å². The van der Waals surface area contributed by atoms with E-state index in [4.69, 9.17) is 18.9 Å². The van der Waals surface area contributed by atoms with Crippen molar-refractivity contribution in [3.63, 3.8) is 0 Å². The number of phenols is 1. The number of Topliss-reactive ketones (excluding diaryl/α,β-unsaturated/α-hetero) is 1. The van der Waals surface area contributed by atoms with Crippen molar-refractivity contribution in [1.29, 1.82) is 0 Å². The lowest BCUT2D eigenvalue weighted by Crippen LogP contribution is -2.61. The number of aliphatic hydroxyl groups excluding tert-OH is 3. The number of allylic oxidation sites excluding steroid dienone is 1. The van der Waals surface area contributed by atoms with Crippen molar-refractivity contribution in [2.24, 2.45) is 0 Å². The van der Waals surface area contributed by atoms with Crippen LogP contribution in [0.1, 0.15) is 24.0 Å². The van der Waals surface area contributed by atoms with Crippen molar-refractivity contribution < 1.29 is 58.9 Å². The Hall–Kier alpha value is -4.07. The van der Waals surface area contributed by atoms with E-state index in [2.05, 4.69) is 0 Å². The van der Waals surface area contributed by atoms with Gasteiger partial charge in [0.05, 0.1) is 6.61 Å². The molecular formula is C29H30O12. The standard InChI is InChI=1S/C29H30O12/c30-15-21-24(34)25(35)26(41-23(33)13-10-17-8-11-19(31)12-9-17)27(40-21)39-20-6-2-1-5-18(20)16-38-28(36)29(37)14-4-3-7-22(29)32/h1-2,4-6,8-14,21,24-27,30-31,34-35,37H,3,7,15-16H2/b13-10-/t21-,24-,25+,26-,27-,29-/m1/s1. The fourth-order valence-electron chi connectivity index (χ4n) is 4.25. The topological polar surface area (TPSA) is 189 Å². The summed E-state index contributed by atoms with van der Waals surface area (Å²) in [5.41, 5.74) is -1.53. The predicted octanol–water partition coefficient (Wildman–Crippen LogP) is 0.529. The monoisotopic (exact) mass is 570 g/mol. The summed E-state index contributed by atoms with van der Waals surface area (Å²) in [6.45, 7) is -1.10. The van der Waals surface area contributed by atoms with Crippen LogP contribution in [0.3, 0.4) is 0 Å². The van der Waals surface area contributed by atoms with E-state index in [9.17, 15) is 39.9 Å². The van der Waals surface area contributed by atoms with Gasteiger partial charge in [0.1, 0.15) is 36.4 Å². The number of ether oxygens (including phenoxy) is 4. The molecule has 0 unspecified atom stereocenters. The summed E-state index contributed by atoms with van der Waals surface area (Å²) in [6.07, 6.45) is -2.19. The average molecular weight is 571 g/mol. The molecule has 1 aliphatic carbocycles. The van der Waals surface area contributed by atoms with Gasteiger partial charge in [-0.15, -0.1) is 0 Å². The van der Waals surface area contributed by atoms with E-state index < -0.39 is 67.2 Å². The van der Waals surface area contributed by atoms with Gasteiger partial charge in [0.2, 0.25) is 11.9 Å². The summed E-state index contributed by atoms with van der Waals surface area (Å²) in [7, 11) is 0. The van der Waals surface area contributed by atoms with E-state index in [0.717, 1.165) is 12.2 Å². The lowest BCUT2D eigenvalue weighted by atomic mass is 9.90. The molecule has 2 aromatic carbocycles. The first kappa shape index (κ1) is 29.9. The van der Waals surface area contributed by atoms with Gasteiger partial charge in [-0.3, -0.25) is 4.79 Å². The number of ketones is 1. The predicted molar refractivity (Wildman–Crippen MR) is 140 cm³/mol. The first-order valence-corrected chi connectivity index (χ1v) is 12.8. The number of carbonyl (C=O) groups is 3. The second-order valence-electron chi connectivity index (χ2n) is 9.47. The van der Waals surface area contributed by atoms with Crippen molar-refractivity contribution in [2.75, 3.05) is 6.61 Å². The number of rotatable bonds is 9. The normalized spacial score (nSPS) is 27.9. The minimum Gasteiger partial charge on any atom is -0.508 e. The molecule has 41 heavy (non-hydrogen) atoms. The van der Waals surface area contributed by atoms with Gasteiger partial charge in [-0.05, 0) is 42.3 Å². The van der Waals surface area contributed by atoms with Gasteiger partial charge in [-0.1, -0.05) is 36.4 Å². The van der Waals surface area contributed by atoms with Gasteiger partial charge in [0.15, 0.2) is 11.9 Å². The summed E-state index contributed by atoms with van der Waals surface area (Å²) >= 11 is 0. The van der Waals surface area contributed by atoms with E-state index in [0.29, 0.717) is 12.0 Å². The van der Waals surface area contributed by atoms with E-state index in [1.165, 1.54) is 36.4 Å². The molecule has 0 spiro atoms. The Morgan fingerprint density at radius 2 is 1.80 bits per heavy atom. The summed E-state index contributed by atoms with van der Waals surface area (Å²) < 4.78 is 22.0. The maximum atomic E-state index is 12.6. The molecule has 6 atom stereocenters. The Morgan fingerprint density at radius 1 is 1.07 bits per heavy atom. The molecule has 2 aromatic rings. The highest BCUT2D eigenvalue weighted by Crippen LogP contribution is 2.29. The van der Waals surface area contributed by atoms with E-state index in [1.54, 1.807) is 24.3 Å². The number of esters is 2. The SMILES string of the molecule is O=C(/C=C\c1ccc(O)cc1)O[C@H]1[C@H](Oc2ccccc2COC(=O)[C@@]2(O)C=CCCC2=O)O[C@H](CO)[C@@H](O)[C@@H]1O. The summed E-state index contributed by atoms with van der Waals surface area (Å²) in [5, 5.41) is 50.6. The van der Waals surface area contributed by atoms with Gasteiger partial charge in [-0.25, -0.2) is 9.59 Å². The quantitative estimate of drug-likeness (QED) is 0.122. The van der Waals surface area contributed by atoms with Gasteiger partial charge >= 0.3 is 11.9 Å². The van der Waals surface area contributed by atoms with Crippen LogP contribution in [-0.2, 0) is 35.2 Å². The minimum absolute atomic E-state index is 0.00868. The molecule has 12 heteroatoms. The second-order valence-corrected chi connectivity index (χ2v) is 9.47. The van der Waals surface area contributed by atoms with Crippen molar-refractivity contribution in [1.82, 2.24) is 0 Å². The zero-order valence-corrected chi connectivity index (χ0v) is 21.7. The van der Waals surface area contributed by atoms with Crippen LogP contribution in [0.2, 0.25) is 0 Å². The van der Waals surface area contributed by atoms with Crippen LogP contribution in [0.25, 0.3) is 6.08 Å². The number of phenolic OH excluding ortho intramolecular Hbond substituents is 1. The number of benzene rings is 2. The highest BCUT2D eigenvalue weighted by atomic mass is 16.7. The number of hydrogen-bond acceptors (Lipinski definition) is 12. The molecule has 1 fully saturated rings. The van der Waals surface area contributed by atoms with Gasteiger partial charge < -0.3 is 44.5 Å². The average Bonchev–Trinajstić information content (AvgIpc) is 2.97. The number of hydrogen-bond donors (Lipinski definition) is 5. The Balaban J connectivity index is 1.49. The summed E-state index contributed by atoms with van der Waals surface area (Å²) in [6, 6.07) is 12.2. The van der Waals surface area contributed by atoms with Gasteiger partial charge in [-0.2, -0.15) is 0 Å². The Morgan fingerprint density at radius 3 is 2.51 bits per heavy atom. The maximum Gasteiger partial charge on any atom is 0.350 e. The largest absolute Gasteiger partial charge is 0.508 e. The summed E-state index contributed by atoms with van der Waals surface area (Å²) in [5.74, 6) is -2.63. The van der Waals surface area contributed by atoms with Crippen LogP contribution in [0, 0.1) is 0 Å². The van der Waals surface area contributed by atoms with Crippen LogP contribution >= 0.6 is 0 Å². The van der Waals surface area contributed by atoms with Crippen molar-refractivity contribution in [3.8, 4) is 11.5 Å². The number of para-hydroxylation sites is 1. The molecule has 2 aliphatic rings. The molecule has 12 nitrogen and oxygen atoms in total. The second kappa shape index (κ2) is 13.1. The number of aromatic hydroxyl groups is 1. The third-order valence-corrected chi connectivity index (χ3v) is 6.59. The molecule has 0 amide bonds. The van der Waals surface area contributed by atoms with E-state index in [-0.39, 0.29) is 23.5 Å². The lowest BCUT2D eigenvalue weighted by molar-refractivity contribution is -0.281. The van der Waals surface area contributed by atoms with Gasteiger partial charge in [0.25, 0.3) is 0 Å². The summed E-state index contributed by atoms with van der Waals surface area (Å²) in [4.78, 5) is 37.2. The van der Waals surface area contributed by atoms with Crippen LogP contribution in [0.5, 0.6) is 11.5 Å². The zero-order valence-electron chi connectivity index (χ0n) is 21.7. The molecule has 1 heterocycles. The Labute approximate surface area is 234 Å². The van der Waals surface area contributed by atoms with Gasteiger partial charge in [0, 0.05) is 18.1 Å². The molecule has 0 saturated carbocycles. The first-order valence-electron chi connectivity index (χ1n) is 12.8. The zero-order chi connectivity index (χ0) is 29.6. The first-order chi connectivity index (χ1) is 19.6. The Kier molecular flexibility index (Phi) is 9.53. The highest BCUT2D eigenvalue weighted by Gasteiger charge is 2.48. The maximum absolute atomic E-state index is 12.6. The lowest BCUT2D eigenvalue weighted by Gasteiger charge is -2.41. The molecule has 5 N–H and O–H groups in total. The Bertz CT molecular complexity index is 1300. The molecule has 4 rings (SSSR count). The number of aliphatic hydroxyl groups is 4. The van der Waals surface area contributed by atoms with Crippen LogP contribution < -0.4 is 4.74 Å². The molecular weight excluding hydrogens is 540 g/mol. The highest BCUT2D eigenvalue weighted by molar-refractivity contribution is 6.09. The third kappa shape index (κ3) is 6.99. The molecule has 1 aliphatic heterocycles. The van der Waals surface area contributed by atoms with Crippen LogP contribution in [0.4, 0.5) is 0 Å². The van der Waals surface area contributed by atoms with Crippen molar-refractivity contribution >= 4 is 23.8 Å².